The first-order valence-corrected chi connectivity index (χ1v) is 10.1. The molecule has 1 unspecified atom stereocenters. The molecule has 0 radical (unpaired) electrons. The zero-order chi connectivity index (χ0) is 21.1. The molecular formula is C24H24N4O2. The van der Waals surface area contributed by atoms with Crippen molar-refractivity contribution in [1.29, 1.82) is 5.26 Å². The number of nitrogens with zero attached hydrogens (tertiary/aromatic N) is 3. The average Bonchev–Trinajstić information content (AvgIpc) is 3.17. The summed E-state index contributed by atoms with van der Waals surface area (Å²) in [5, 5.41) is 12.8. The number of hydrogen-bond donors (Lipinski definition) is 1. The van der Waals surface area contributed by atoms with E-state index in [1.54, 1.807) is 18.6 Å². The number of aryl methyl sites for hydroxylation is 2. The van der Waals surface area contributed by atoms with Gasteiger partial charge in [-0.3, -0.25) is 4.79 Å². The summed E-state index contributed by atoms with van der Waals surface area (Å²) in [4.78, 5) is 17.1. The van der Waals surface area contributed by atoms with Gasteiger partial charge >= 0.3 is 0 Å². The Hall–Kier alpha value is -3.59. The van der Waals surface area contributed by atoms with E-state index in [1.165, 1.54) is 0 Å². The maximum Gasteiger partial charge on any atom is 0.220 e. The Bertz CT molecular complexity index is 1130. The molecule has 0 spiro atoms. The van der Waals surface area contributed by atoms with Crippen molar-refractivity contribution in [2.24, 2.45) is 7.05 Å². The van der Waals surface area contributed by atoms with Crippen LogP contribution in [0.15, 0.2) is 55.0 Å². The van der Waals surface area contributed by atoms with Gasteiger partial charge in [0.2, 0.25) is 5.91 Å². The number of imidazole rings is 1. The number of nitriles is 1. The van der Waals surface area contributed by atoms with E-state index >= 15 is 0 Å². The molecule has 1 atom stereocenters. The summed E-state index contributed by atoms with van der Waals surface area (Å²) in [5.41, 5.74) is 2.44. The van der Waals surface area contributed by atoms with Crippen molar-refractivity contribution in [3.05, 3.63) is 77.4 Å². The summed E-state index contributed by atoms with van der Waals surface area (Å²) in [5.74, 6) is 1.15. The second-order valence-electron chi connectivity index (χ2n) is 7.84. The Labute approximate surface area is 176 Å². The molecule has 3 aromatic rings. The number of benzene rings is 2. The maximum atomic E-state index is 12.8. The van der Waals surface area contributed by atoms with Crippen LogP contribution >= 0.6 is 0 Å². The van der Waals surface area contributed by atoms with Crippen LogP contribution in [0, 0.1) is 11.3 Å². The summed E-state index contributed by atoms with van der Waals surface area (Å²) in [6.07, 6.45) is 6.50. The topological polar surface area (TPSA) is 79.9 Å². The van der Waals surface area contributed by atoms with Crippen LogP contribution in [-0.2, 0) is 23.8 Å². The predicted octanol–water partition coefficient (Wildman–Crippen LogP) is 4.19. The lowest BCUT2D eigenvalue weighted by molar-refractivity contribution is -0.122. The molecule has 30 heavy (non-hydrogen) atoms. The molecule has 1 N–H and O–H groups in total. The molecule has 1 aliphatic rings. The number of hydrogen-bond acceptors (Lipinski definition) is 4. The summed E-state index contributed by atoms with van der Waals surface area (Å²) in [6, 6.07) is 15.5. The first kappa shape index (κ1) is 19.7. The molecule has 0 saturated heterocycles. The minimum Gasteiger partial charge on any atom is -0.456 e. The van der Waals surface area contributed by atoms with Crippen LogP contribution < -0.4 is 10.1 Å². The minimum absolute atomic E-state index is 0.0173. The Kier molecular flexibility index (Phi) is 5.28. The van der Waals surface area contributed by atoms with E-state index in [-0.39, 0.29) is 5.91 Å². The zero-order valence-corrected chi connectivity index (χ0v) is 17.2. The summed E-state index contributed by atoms with van der Waals surface area (Å²) < 4.78 is 8.03. The lowest BCUT2D eigenvalue weighted by atomic mass is 9.87. The highest BCUT2D eigenvalue weighted by Gasteiger charge is 2.34. The number of nitrogens with one attached hydrogen (secondary N) is 1. The van der Waals surface area contributed by atoms with E-state index in [9.17, 15) is 10.1 Å². The SMILES string of the molecule is Cn1cncc1C1(C)NC(=O)CCCCc2cccc(c2)Oc2cc1ccc2C#N. The van der Waals surface area contributed by atoms with Crippen molar-refractivity contribution in [2.75, 3.05) is 0 Å². The van der Waals surface area contributed by atoms with Gasteiger partial charge in [0.25, 0.3) is 0 Å². The Morgan fingerprint density at radius 3 is 2.80 bits per heavy atom. The standard InChI is InChI=1S/C24H24N4O2/c1-24(22-15-26-16-28(22)2)19-11-10-18(14-25)21(13-19)30-20-8-5-7-17(12-20)6-3-4-9-23(29)27-24/h5,7-8,10-13,15-16H,3-4,6,9H2,1-2H3,(H,27,29). The Morgan fingerprint density at radius 1 is 1.20 bits per heavy atom. The van der Waals surface area contributed by atoms with E-state index in [2.05, 4.69) is 22.4 Å². The highest BCUT2D eigenvalue weighted by molar-refractivity contribution is 5.77. The summed E-state index contributed by atoms with van der Waals surface area (Å²) in [6.45, 7) is 1.96. The van der Waals surface area contributed by atoms with Gasteiger partial charge in [-0.15, -0.1) is 0 Å². The molecular weight excluding hydrogens is 376 g/mol. The van der Waals surface area contributed by atoms with Gasteiger partial charge in [-0.2, -0.15) is 5.26 Å². The van der Waals surface area contributed by atoms with Crippen LogP contribution in [0.25, 0.3) is 0 Å². The van der Waals surface area contributed by atoms with E-state index in [0.29, 0.717) is 23.5 Å². The first-order valence-electron chi connectivity index (χ1n) is 10.1. The second kappa shape index (κ2) is 8.03. The molecule has 6 nitrogen and oxygen atoms in total. The fourth-order valence-corrected chi connectivity index (χ4v) is 3.98. The number of fused-ring (bicyclic) bond motifs is 4. The maximum absolute atomic E-state index is 12.8. The third-order valence-corrected chi connectivity index (χ3v) is 5.64. The highest BCUT2D eigenvalue weighted by atomic mass is 16.5. The van der Waals surface area contributed by atoms with Crippen molar-refractivity contribution in [3.63, 3.8) is 0 Å². The number of carbonyl (C=O) groups is 1. The fraction of sp³-hybridized carbons (Fsp3) is 0.292. The number of ether oxygens (including phenoxy) is 1. The van der Waals surface area contributed by atoms with Gasteiger partial charge in [0, 0.05) is 13.5 Å². The van der Waals surface area contributed by atoms with Crippen LogP contribution in [0.3, 0.4) is 0 Å². The van der Waals surface area contributed by atoms with Gasteiger partial charge in [0.15, 0.2) is 0 Å². The number of aromatic nitrogens is 2. The molecule has 152 valence electrons. The zero-order valence-electron chi connectivity index (χ0n) is 17.2. The Morgan fingerprint density at radius 2 is 2.03 bits per heavy atom. The molecule has 0 aliphatic carbocycles. The second-order valence-corrected chi connectivity index (χ2v) is 7.84. The third-order valence-electron chi connectivity index (χ3n) is 5.64. The van der Waals surface area contributed by atoms with Crippen LogP contribution in [0.5, 0.6) is 11.5 Å². The fourth-order valence-electron chi connectivity index (χ4n) is 3.98. The molecule has 0 saturated carbocycles. The molecule has 1 aromatic heterocycles. The van der Waals surface area contributed by atoms with E-state index in [1.807, 2.05) is 48.9 Å². The third kappa shape index (κ3) is 3.79. The van der Waals surface area contributed by atoms with Crippen molar-refractivity contribution < 1.29 is 9.53 Å². The molecule has 6 heteroatoms. The monoisotopic (exact) mass is 400 g/mol. The molecule has 4 bridgehead atoms. The molecule has 4 rings (SSSR count). The predicted molar refractivity (Wildman–Crippen MR) is 113 cm³/mol. The quantitative estimate of drug-likeness (QED) is 0.664. The summed E-state index contributed by atoms with van der Waals surface area (Å²) >= 11 is 0. The Balaban J connectivity index is 1.87. The number of amides is 1. The van der Waals surface area contributed by atoms with Crippen LogP contribution in [0.2, 0.25) is 0 Å². The van der Waals surface area contributed by atoms with Crippen molar-refractivity contribution >= 4 is 5.91 Å². The molecule has 0 fully saturated rings. The van der Waals surface area contributed by atoms with Crippen LogP contribution in [0.1, 0.15) is 48.6 Å². The lowest BCUT2D eigenvalue weighted by Gasteiger charge is -2.32. The smallest absolute Gasteiger partial charge is 0.220 e. The van der Waals surface area contributed by atoms with E-state index < -0.39 is 5.54 Å². The van der Waals surface area contributed by atoms with Gasteiger partial charge in [-0.05, 0) is 61.6 Å². The van der Waals surface area contributed by atoms with E-state index in [4.69, 9.17) is 4.74 Å². The number of rotatable bonds is 1. The van der Waals surface area contributed by atoms with E-state index in [0.717, 1.165) is 36.1 Å². The van der Waals surface area contributed by atoms with Crippen molar-refractivity contribution in [3.8, 4) is 17.6 Å². The van der Waals surface area contributed by atoms with Crippen molar-refractivity contribution in [1.82, 2.24) is 14.9 Å². The molecule has 1 aliphatic heterocycles. The molecule has 1 amide bonds. The molecule has 2 aromatic carbocycles. The van der Waals surface area contributed by atoms with Gasteiger partial charge in [0.05, 0.1) is 23.8 Å². The van der Waals surface area contributed by atoms with Crippen molar-refractivity contribution in [2.45, 2.75) is 38.1 Å². The first-order chi connectivity index (χ1) is 14.5. The molecule has 2 heterocycles. The van der Waals surface area contributed by atoms with Gasteiger partial charge in [0.1, 0.15) is 23.1 Å². The largest absolute Gasteiger partial charge is 0.456 e. The van der Waals surface area contributed by atoms with Gasteiger partial charge in [-0.1, -0.05) is 18.2 Å². The van der Waals surface area contributed by atoms with Gasteiger partial charge in [-0.25, -0.2) is 4.98 Å². The minimum atomic E-state index is -0.819. The van der Waals surface area contributed by atoms with Crippen LogP contribution in [-0.4, -0.2) is 15.5 Å². The van der Waals surface area contributed by atoms with Gasteiger partial charge < -0.3 is 14.6 Å². The highest BCUT2D eigenvalue weighted by Crippen LogP contribution is 2.35. The average molecular weight is 400 g/mol. The van der Waals surface area contributed by atoms with Crippen LogP contribution in [0.4, 0.5) is 0 Å². The summed E-state index contributed by atoms with van der Waals surface area (Å²) in [7, 11) is 1.90. The normalized spacial score (nSPS) is 19.2. The lowest BCUT2D eigenvalue weighted by Crippen LogP contribution is -2.45. The number of carbonyl (C=O) groups excluding carboxylic acids is 1.